The fraction of sp³-hybridized carbons (Fsp3) is 0.300. The third kappa shape index (κ3) is 3.42. The van der Waals surface area contributed by atoms with Gasteiger partial charge in [0.05, 0.1) is 22.0 Å². The van der Waals surface area contributed by atoms with Crippen molar-refractivity contribution in [3.05, 3.63) is 33.4 Å². The molecule has 0 N–H and O–H groups in total. The second-order valence-corrected chi connectivity index (χ2v) is 6.07. The van der Waals surface area contributed by atoms with Crippen LogP contribution < -0.4 is 0 Å². The Morgan fingerprint density at radius 3 is 2.47 bits per heavy atom. The molecule has 0 atom stereocenters. The van der Waals surface area contributed by atoms with Crippen LogP contribution in [-0.4, -0.2) is 25.9 Å². The SMILES string of the molecule is CCOC(=O)c1cc([N+](=O)[O-])c(C)c(S(=O)(=O)Cl)c1. The van der Waals surface area contributed by atoms with Gasteiger partial charge in [-0.15, -0.1) is 0 Å². The van der Waals surface area contributed by atoms with Crippen LogP contribution in [0.2, 0.25) is 0 Å². The molecule has 104 valence electrons. The number of esters is 1. The minimum absolute atomic E-state index is 0.0590. The summed E-state index contributed by atoms with van der Waals surface area (Å²) in [4.78, 5) is 21.1. The molecule has 0 aliphatic carbocycles. The van der Waals surface area contributed by atoms with Gasteiger partial charge in [-0.2, -0.15) is 0 Å². The number of ether oxygens (including phenoxy) is 1. The summed E-state index contributed by atoms with van der Waals surface area (Å²) in [6, 6.07) is 1.92. The highest BCUT2D eigenvalue weighted by atomic mass is 35.7. The van der Waals surface area contributed by atoms with E-state index in [-0.39, 0.29) is 17.7 Å². The first-order valence-electron chi connectivity index (χ1n) is 5.09. The van der Waals surface area contributed by atoms with Crippen molar-refractivity contribution in [2.24, 2.45) is 0 Å². The highest BCUT2D eigenvalue weighted by Gasteiger charge is 2.25. The van der Waals surface area contributed by atoms with Crippen LogP contribution in [0.1, 0.15) is 22.8 Å². The first-order valence-corrected chi connectivity index (χ1v) is 7.40. The zero-order chi connectivity index (χ0) is 14.8. The number of nitro benzene ring substituents is 1. The normalized spacial score (nSPS) is 11.1. The van der Waals surface area contributed by atoms with Gasteiger partial charge in [0.1, 0.15) is 0 Å². The topological polar surface area (TPSA) is 104 Å². The molecule has 0 aromatic heterocycles. The van der Waals surface area contributed by atoms with E-state index in [1.165, 1.54) is 6.92 Å². The van der Waals surface area contributed by atoms with E-state index in [0.29, 0.717) is 0 Å². The molecule has 0 unspecified atom stereocenters. The zero-order valence-electron chi connectivity index (χ0n) is 10.0. The van der Waals surface area contributed by atoms with E-state index in [1.54, 1.807) is 6.92 Å². The molecule has 7 nitrogen and oxygen atoms in total. The van der Waals surface area contributed by atoms with E-state index in [0.717, 1.165) is 12.1 Å². The number of carbonyl (C=O) groups excluding carboxylic acids is 1. The Labute approximate surface area is 113 Å². The Morgan fingerprint density at radius 1 is 1.47 bits per heavy atom. The molecule has 0 aliphatic heterocycles. The summed E-state index contributed by atoms with van der Waals surface area (Å²) < 4.78 is 27.4. The first kappa shape index (κ1) is 15.4. The lowest BCUT2D eigenvalue weighted by Crippen LogP contribution is -2.08. The van der Waals surface area contributed by atoms with Crippen molar-refractivity contribution < 1.29 is 22.9 Å². The Hall–Kier alpha value is -1.67. The van der Waals surface area contributed by atoms with Crippen LogP contribution in [-0.2, 0) is 13.8 Å². The van der Waals surface area contributed by atoms with E-state index >= 15 is 0 Å². The standard InChI is InChI=1S/C10H10ClNO6S/c1-3-18-10(13)7-4-8(12(14)15)6(2)9(5-7)19(11,16)17/h4-5H,3H2,1-2H3. The molecule has 0 saturated carbocycles. The maximum atomic E-state index is 11.5. The van der Waals surface area contributed by atoms with E-state index in [9.17, 15) is 23.3 Å². The van der Waals surface area contributed by atoms with Crippen molar-refractivity contribution in [2.45, 2.75) is 18.7 Å². The van der Waals surface area contributed by atoms with Crippen LogP contribution in [0, 0.1) is 17.0 Å². The number of halogens is 1. The molecule has 0 amide bonds. The minimum Gasteiger partial charge on any atom is -0.462 e. The number of nitrogens with zero attached hydrogens (tertiary/aromatic N) is 1. The predicted octanol–water partition coefficient (Wildman–Crippen LogP) is 2.01. The molecular weight excluding hydrogens is 298 g/mol. The fourth-order valence-corrected chi connectivity index (χ4v) is 2.67. The van der Waals surface area contributed by atoms with Crippen molar-refractivity contribution in [1.29, 1.82) is 0 Å². The molecule has 1 aromatic carbocycles. The Balaban J connectivity index is 3.58. The van der Waals surface area contributed by atoms with Gasteiger partial charge in [-0.3, -0.25) is 10.1 Å². The molecule has 1 rings (SSSR count). The zero-order valence-corrected chi connectivity index (χ0v) is 11.6. The number of benzene rings is 1. The second kappa shape index (κ2) is 5.54. The van der Waals surface area contributed by atoms with Gasteiger partial charge >= 0.3 is 5.97 Å². The van der Waals surface area contributed by atoms with E-state index in [1.807, 2.05) is 0 Å². The van der Waals surface area contributed by atoms with Gasteiger partial charge in [0.2, 0.25) is 0 Å². The van der Waals surface area contributed by atoms with Gasteiger partial charge in [0.15, 0.2) is 0 Å². The first-order chi connectivity index (χ1) is 8.68. The van der Waals surface area contributed by atoms with Gasteiger partial charge in [0.25, 0.3) is 14.7 Å². The lowest BCUT2D eigenvalue weighted by atomic mass is 10.1. The van der Waals surface area contributed by atoms with Crippen LogP contribution >= 0.6 is 10.7 Å². The molecule has 0 fully saturated rings. The highest BCUT2D eigenvalue weighted by molar-refractivity contribution is 8.13. The Morgan fingerprint density at radius 2 is 2.05 bits per heavy atom. The summed E-state index contributed by atoms with van der Waals surface area (Å²) in [7, 11) is 0.991. The Bertz CT molecular complexity index is 640. The van der Waals surface area contributed by atoms with Crippen LogP contribution in [0.5, 0.6) is 0 Å². The number of hydrogen-bond acceptors (Lipinski definition) is 6. The van der Waals surface area contributed by atoms with Crippen LogP contribution in [0.15, 0.2) is 17.0 Å². The summed E-state index contributed by atoms with van der Waals surface area (Å²) in [5.41, 5.74) is -0.879. The van der Waals surface area contributed by atoms with Crippen molar-refractivity contribution in [2.75, 3.05) is 6.61 Å². The smallest absolute Gasteiger partial charge is 0.338 e. The lowest BCUT2D eigenvalue weighted by Gasteiger charge is -2.07. The minimum atomic E-state index is -4.20. The highest BCUT2D eigenvalue weighted by Crippen LogP contribution is 2.29. The molecule has 0 saturated heterocycles. The molecular formula is C10H10ClNO6S. The third-order valence-electron chi connectivity index (χ3n) is 2.30. The summed E-state index contributed by atoms with van der Waals surface area (Å²) in [6.07, 6.45) is 0. The average molecular weight is 308 g/mol. The quantitative estimate of drug-likeness (QED) is 0.365. The number of rotatable bonds is 4. The molecule has 0 spiro atoms. The monoisotopic (exact) mass is 307 g/mol. The third-order valence-corrected chi connectivity index (χ3v) is 3.75. The van der Waals surface area contributed by atoms with Crippen molar-refractivity contribution in [1.82, 2.24) is 0 Å². The number of hydrogen-bond donors (Lipinski definition) is 0. The molecule has 1 aromatic rings. The van der Waals surface area contributed by atoms with E-state index in [2.05, 4.69) is 4.74 Å². The summed E-state index contributed by atoms with van der Waals surface area (Å²) in [5, 5.41) is 10.8. The van der Waals surface area contributed by atoms with Gasteiger partial charge < -0.3 is 4.74 Å². The van der Waals surface area contributed by atoms with Crippen molar-refractivity contribution >= 4 is 31.4 Å². The van der Waals surface area contributed by atoms with Crippen molar-refractivity contribution in [3.63, 3.8) is 0 Å². The predicted molar refractivity (Wildman–Crippen MR) is 66.8 cm³/mol. The second-order valence-electron chi connectivity index (χ2n) is 3.53. The van der Waals surface area contributed by atoms with Gasteiger partial charge in [-0.25, -0.2) is 13.2 Å². The van der Waals surface area contributed by atoms with Crippen LogP contribution in [0.3, 0.4) is 0 Å². The molecule has 0 radical (unpaired) electrons. The largest absolute Gasteiger partial charge is 0.462 e. The fourth-order valence-electron chi connectivity index (χ4n) is 1.45. The number of carbonyl (C=O) groups is 1. The lowest BCUT2D eigenvalue weighted by molar-refractivity contribution is -0.385. The summed E-state index contributed by atoms with van der Waals surface area (Å²) >= 11 is 0. The van der Waals surface area contributed by atoms with Gasteiger partial charge in [-0.05, 0) is 19.9 Å². The van der Waals surface area contributed by atoms with Crippen LogP contribution in [0.25, 0.3) is 0 Å². The van der Waals surface area contributed by atoms with Gasteiger partial charge in [0, 0.05) is 22.3 Å². The maximum Gasteiger partial charge on any atom is 0.338 e. The molecule has 0 heterocycles. The molecule has 19 heavy (non-hydrogen) atoms. The summed E-state index contributed by atoms with van der Waals surface area (Å²) in [6.45, 7) is 2.85. The van der Waals surface area contributed by atoms with E-state index < -0.39 is 30.5 Å². The van der Waals surface area contributed by atoms with Crippen LogP contribution in [0.4, 0.5) is 5.69 Å². The average Bonchev–Trinajstić information content (AvgIpc) is 2.27. The Kier molecular flexibility index (Phi) is 4.48. The number of nitro groups is 1. The molecule has 9 heteroatoms. The maximum absolute atomic E-state index is 11.5. The van der Waals surface area contributed by atoms with Crippen molar-refractivity contribution in [3.8, 4) is 0 Å². The van der Waals surface area contributed by atoms with E-state index in [4.69, 9.17) is 10.7 Å². The molecule has 0 aliphatic rings. The van der Waals surface area contributed by atoms with Gasteiger partial charge in [-0.1, -0.05) is 0 Å². The molecule has 0 bridgehead atoms. The summed E-state index contributed by atoms with van der Waals surface area (Å²) in [5.74, 6) is -0.854.